The maximum atomic E-state index is 13.1. The van der Waals surface area contributed by atoms with Crippen molar-refractivity contribution in [3.63, 3.8) is 0 Å². The zero-order valence-corrected chi connectivity index (χ0v) is 14.0. The van der Waals surface area contributed by atoms with Gasteiger partial charge in [-0.1, -0.05) is 11.6 Å². The Morgan fingerprint density at radius 2 is 2.08 bits per heavy atom. The van der Waals surface area contributed by atoms with E-state index >= 15 is 0 Å². The highest BCUT2D eigenvalue weighted by molar-refractivity contribution is 5.83. The first-order chi connectivity index (χ1) is 11.8. The predicted molar refractivity (Wildman–Crippen MR) is 87.9 cm³/mol. The second-order valence-electron chi connectivity index (χ2n) is 7.94. The summed E-state index contributed by atoms with van der Waals surface area (Å²) in [5, 5.41) is 8.58. The lowest BCUT2D eigenvalue weighted by atomic mass is 9.96. The number of fused-ring (bicyclic) bond motifs is 1. The molecule has 0 radical (unpaired) electrons. The molecule has 3 unspecified atom stereocenters. The number of amides is 1. The first-order valence-corrected chi connectivity index (χ1v) is 9.51. The highest BCUT2D eigenvalue weighted by Gasteiger charge is 2.45. The molecule has 0 aromatic carbocycles. The van der Waals surface area contributed by atoms with Crippen LogP contribution < -0.4 is 10.9 Å². The number of hydrogen-bond acceptors (Lipinski definition) is 5. The number of hydrazine groups is 1. The van der Waals surface area contributed by atoms with Gasteiger partial charge in [-0.15, -0.1) is 5.10 Å². The van der Waals surface area contributed by atoms with Crippen molar-refractivity contribution in [1.82, 2.24) is 30.7 Å². The number of carbonyl (C=O) groups excluding carboxylic acids is 1. The average Bonchev–Trinajstić information content (AvgIpc) is 3.02. The Balaban J connectivity index is 1.27. The molecule has 2 saturated heterocycles. The van der Waals surface area contributed by atoms with Crippen molar-refractivity contribution in [2.45, 2.75) is 75.5 Å². The molecule has 0 spiro atoms. The molecule has 1 amide bonds. The van der Waals surface area contributed by atoms with Crippen LogP contribution in [0.5, 0.6) is 0 Å². The fourth-order valence-corrected chi connectivity index (χ4v) is 4.79. The highest BCUT2D eigenvalue weighted by atomic mass is 16.2. The van der Waals surface area contributed by atoms with E-state index in [1.54, 1.807) is 0 Å². The smallest absolute Gasteiger partial charge is 0.241 e. The molecular weight excluding hydrogens is 304 g/mol. The summed E-state index contributed by atoms with van der Waals surface area (Å²) in [5.41, 5.74) is 7.73. The van der Waals surface area contributed by atoms with Gasteiger partial charge in [0.25, 0.3) is 0 Å². The van der Waals surface area contributed by atoms with Gasteiger partial charge in [0.2, 0.25) is 5.91 Å². The Kier molecular flexibility index (Phi) is 3.59. The fourth-order valence-electron chi connectivity index (χ4n) is 4.79. The highest BCUT2D eigenvalue weighted by Crippen LogP contribution is 2.38. The third kappa shape index (κ3) is 2.54. The van der Waals surface area contributed by atoms with Gasteiger partial charge in [0.1, 0.15) is 6.04 Å². The van der Waals surface area contributed by atoms with Crippen LogP contribution in [0.2, 0.25) is 0 Å². The first kappa shape index (κ1) is 14.8. The van der Waals surface area contributed by atoms with Gasteiger partial charge in [-0.05, 0) is 38.5 Å². The zero-order valence-electron chi connectivity index (χ0n) is 14.0. The van der Waals surface area contributed by atoms with E-state index in [2.05, 4.69) is 32.3 Å². The molecule has 0 bridgehead atoms. The number of carbonyl (C=O) groups is 1. The van der Waals surface area contributed by atoms with Crippen molar-refractivity contribution in [1.29, 1.82) is 0 Å². The largest absolute Gasteiger partial charge is 0.336 e. The number of likely N-dealkylation sites (tertiary alicyclic amines) is 1. The van der Waals surface area contributed by atoms with Crippen LogP contribution in [0.15, 0.2) is 6.20 Å². The summed E-state index contributed by atoms with van der Waals surface area (Å²) >= 11 is 0. The first-order valence-electron chi connectivity index (χ1n) is 9.51. The van der Waals surface area contributed by atoms with Crippen LogP contribution in [0, 0.1) is 5.92 Å². The van der Waals surface area contributed by atoms with E-state index in [9.17, 15) is 4.79 Å². The summed E-state index contributed by atoms with van der Waals surface area (Å²) < 4.78 is 1.95. The van der Waals surface area contributed by atoms with E-state index in [1.165, 1.54) is 25.7 Å². The van der Waals surface area contributed by atoms with Gasteiger partial charge in [-0.25, -0.2) is 5.43 Å². The number of nitrogens with one attached hydrogen (secondary N) is 2. The van der Waals surface area contributed by atoms with E-state index < -0.39 is 0 Å². The Morgan fingerprint density at radius 3 is 2.96 bits per heavy atom. The molecule has 130 valence electrons. The molecule has 5 rings (SSSR count). The summed E-state index contributed by atoms with van der Waals surface area (Å²) in [6.45, 7) is 1.66. The van der Waals surface area contributed by atoms with Gasteiger partial charge >= 0.3 is 0 Å². The minimum Gasteiger partial charge on any atom is -0.336 e. The van der Waals surface area contributed by atoms with Crippen LogP contribution in [0.1, 0.15) is 56.6 Å². The van der Waals surface area contributed by atoms with Crippen molar-refractivity contribution >= 4 is 5.91 Å². The molecule has 4 fully saturated rings. The van der Waals surface area contributed by atoms with Crippen LogP contribution in [-0.4, -0.2) is 50.5 Å². The number of aromatic nitrogens is 3. The second kappa shape index (κ2) is 5.81. The Labute approximate surface area is 142 Å². The van der Waals surface area contributed by atoms with E-state index in [-0.39, 0.29) is 18.0 Å². The van der Waals surface area contributed by atoms with Crippen molar-refractivity contribution in [3.8, 4) is 0 Å². The lowest BCUT2D eigenvalue weighted by Crippen LogP contribution is -2.50. The molecule has 1 aromatic heterocycles. The molecule has 2 aliphatic carbocycles. The summed E-state index contributed by atoms with van der Waals surface area (Å²) in [6.07, 6.45) is 10.3. The van der Waals surface area contributed by atoms with Crippen LogP contribution in [0.3, 0.4) is 0 Å². The van der Waals surface area contributed by atoms with Crippen LogP contribution >= 0.6 is 0 Å². The minimum atomic E-state index is -0.0455. The maximum Gasteiger partial charge on any atom is 0.241 e. The monoisotopic (exact) mass is 330 g/mol. The van der Waals surface area contributed by atoms with Gasteiger partial charge < -0.3 is 4.90 Å². The van der Waals surface area contributed by atoms with Crippen molar-refractivity contribution in [3.05, 3.63) is 11.9 Å². The van der Waals surface area contributed by atoms with E-state index in [0.717, 1.165) is 38.0 Å². The predicted octanol–water partition coefficient (Wildman–Crippen LogP) is 0.792. The molecule has 4 atom stereocenters. The molecule has 2 saturated carbocycles. The van der Waals surface area contributed by atoms with Gasteiger partial charge in [-0.3, -0.25) is 14.9 Å². The normalized spacial score (nSPS) is 35.6. The van der Waals surface area contributed by atoms with Gasteiger partial charge in [-0.2, -0.15) is 0 Å². The van der Waals surface area contributed by atoms with Gasteiger partial charge in [0.15, 0.2) is 0 Å². The third-order valence-corrected chi connectivity index (χ3v) is 6.30. The molecule has 3 heterocycles. The molecule has 4 aliphatic rings. The summed E-state index contributed by atoms with van der Waals surface area (Å²) in [5.74, 6) is 1.38. The lowest BCUT2D eigenvalue weighted by Gasteiger charge is -2.29. The molecule has 2 aliphatic heterocycles. The van der Waals surface area contributed by atoms with Crippen molar-refractivity contribution in [2.75, 3.05) is 6.54 Å². The second-order valence-corrected chi connectivity index (χ2v) is 7.94. The fraction of sp³-hybridized carbons (Fsp3) is 0.824. The Morgan fingerprint density at radius 1 is 1.17 bits per heavy atom. The molecule has 7 heteroatoms. The molecule has 24 heavy (non-hydrogen) atoms. The van der Waals surface area contributed by atoms with Gasteiger partial charge in [0, 0.05) is 30.6 Å². The van der Waals surface area contributed by atoms with Crippen molar-refractivity contribution < 1.29 is 4.79 Å². The van der Waals surface area contributed by atoms with Crippen molar-refractivity contribution in [2.24, 2.45) is 5.92 Å². The zero-order chi connectivity index (χ0) is 16.1. The molecule has 1 aromatic rings. The van der Waals surface area contributed by atoms with E-state index in [1.807, 2.05) is 4.68 Å². The minimum absolute atomic E-state index is 0.0455. The Hall–Kier alpha value is -1.47. The van der Waals surface area contributed by atoms with E-state index in [4.69, 9.17) is 0 Å². The summed E-state index contributed by atoms with van der Waals surface area (Å²) in [4.78, 5) is 15.2. The topological polar surface area (TPSA) is 75.1 Å². The number of rotatable bonds is 4. The SMILES string of the molecule is O=C(C1NNC2CCCC21)N1CCC[C@H]1Cn1cc(C2CC2)nn1. The maximum absolute atomic E-state index is 13.1. The van der Waals surface area contributed by atoms with Gasteiger partial charge in [0.05, 0.1) is 18.3 Å². The number of hydrogen-bond donors (Lipinski definition) is 2. The average molecular weight is 330 g/mol. The lowest BCUT2D eigenvalue weighted by molar-refractivity contribution is -0.135. The summed E-state index contributed by atoms with van der Waals surface area (Å²) in [7, 11) is 0. The molecule has 2 N–H and O–H groups in total. The molecular formula is C17H26N6O. The number of nitrogens with zero attached hydrogens (tertiary/aromatic N) is 4. The van der Waals surface area contributed by atoms with E-state index in [0.29, 0.717) is 17.9 Å². The third-order valence-electron chi connectivity index (χ3n) is 6.30. The standard InChI is InChI=1S/C17H26N6O/c24-17(16-13-4-1-5-14(13)18-20-16)23-8-2-3-12(23)9-22-10-15(19-21-22)11-6-7-11/h10-14,16,18,20H,1-9H2/t12-,13?,14?,16?/m0/s1. The summed E-state index contributed by atoms with van der Waals surface area (Å²) in [6, 6.07) is 0.695. The Bertz CT molecular complexity index is 626. The molecule has 7 nitrogen and oxygen atoms in total. The van der Waals surface area contributed by atoms with Crippen LogP contribution in [-0.2, 0) is 11.3 Å². The quantitative estimate of drug-likeness (QED) is 0.854. The van der Waals surface area contributed by atoms with Crippen LogP contribution in [0.25, 0.3) is 0 Å². The van der Waals surface area contributed by atoms with Crippen LogP contribution in [0.4, 0.5) is 0 Å².